The molecule has 2 aliphatic rings. The molecule has 4 atom stereocenters. The average molecular weight is 280 g/mol. The van der Waals surface area contributed by atoms with E-state index in [-0.39, 0.29) is 35.9 Å². The summed E-state index contributed by atoms with van der Waals surface area (Å²) >= 11 is 0. The predicted molar refractivity (Wildman–Crippen MR) is 74.8 cm³/mol. The summed E-state index contributed by atoms with van der Waals surface area (Å²) in [5.41, 5.74) is 6.23. The van der Waals surface area contributed by atoms with Crippen LogP contribution in [-0.2, 0) is 9.59 Å². The second-order valence-electron chi connectivity index (χ2n) is 5.74. The molecule has 0 saturated heterocycles. The minimum atomic E-state index is -0.290. The molecule has 1 heterocycles. The first kappa shape index (κ1) is 15.3. The summed E-state index contributed by atoms with van der Waals surface area (Å²) in [6, 6.07) is 0.271. The highest BCUT2D eigenvalue weighted by Crippen LogP contribution is 2.37. The zero-order valence-electron chi connectivity index (χ0n) is 12.3. The van der Waals surface area contributed by atoms with Gasteiger partial charge in [-0.25, -0.2) is 0 Å². The zero-order chi connectivity index (χ0) is 14.7. The van der Waals surface area contributed by atoms with Gasteiger partial charge in [0.2, 0.25) is 0 Å². The van der Waals surface area contributed by atoms with Crippen LogP contribution in [0.25, 0.3) is 0 Å². The van der Waals surface area contributed by atoms with E-state index >= 15 is 0 Å². The number of nitrogens with zero attached hydrogens (tertiary/aromatic N) is 3. The Hall–Kier alpha value is -1.14. The fourth-order valence-electron chi connectivity index (χ4n) is 3.49. The smallest absolute Gasteiger partial charge is 0.268 e. The molecular formula is C14H24N4O2. The largest absolute Gasteiger partial charge is 0.316 e. The van der Waals surface area contributed by atoms with Gasteiger partial charge in [0.05, 0.1) is 18.0 Å². The molecule has 4 unspecified atom stereocenters. The lowest BCUT2D eigenvalue weighted by atomic mass is 9.75. The van der Waals surface area contributed by atoms with E-state index in [9.17, 15) is 9.59 Å². The molecule has 112 valence electrons. The first-order valence-electron chi connectivity index (χ1n) is 7.59. The van der Waals surface area contributed by atoms with E-state index in [2.05, 4.69) is 29.0 Å². The van der Waals surface area contributed by atoms with Crippen molar-refractivity contribution in [1.29, 1.82) is 0 Å². The van der Waals surface area contributed by atoms with Crippen molar-refractivity contribution in [3.8, 4) is 0 Å². The van der Waals surface area contributed by atoms with E-state index in [4.69, 9.17) is 5.73 Å². The van der Waals surface area contributed by atoms with Crippen LogP contribution in [0, 0.1) is 11.8 Å². The third kappa shape index (κ3) is 2.96. The Labute approximate surface area is 119 Å². The molecule has 1 saturated carbocycles. The molecule has 0 aromatic carbocycles. The summed E-state index contributed by atoms with van der Waals surface area (Å²) in [6.07, 6.45) is 4.32. The summed E-state index contributed by atoms with van der Waals surface area (Å²) in [5.74, 6) is -1.01. The van der Waals surface area contributed by atoms with Crippen molar-refractivity contribution in [2.45, 2.75) is 58.2 Å². The van der Waals surface area contributed by atoms with Crippen LogP contribution in [0.4, 0.5) is 0 Å². The maximum Gasteiger partial charge on any atom is 0.268 e. The number of amides is 2. The van der Waals surface area contributed by atoms with Gasteiger partial charge in [-0.3, -0.25) is 14.5 Å². The minimum Gasteiger partial charge on any atom is -0.316 e. The Balaban J connectivity index is 2.07. The molecule has 20 heavy (non-hydrogen) atoms. The highest BCUT2D eigenvalue weighted by atomic mass is 16.2. The number of hydrogen-bond donors (Lipinski definition) is 1. The highest BCUT2D eigenvalue weighted by molar-refractivity contribution is 5.92. The highest BCUT2D eigenvalue weighted by Gasteiger charge is 2.43. The third-order valence-electron chi connectivity index (χ3n) is 4.55. The Kier molecular flexibility index (Phi) is 4.99. The van der Waals surface area contributed by atoms with Gasteiger partial charge in [0.25, 0.3) is 11.8 Å². The van der Waals surface area contributed by atoms with Gasteiger partial charge >= 0.3 is 0 Å². The Morgan fingerprint density at radius 1 is 1.20 bits per heavy atom. The van der Waals surface area contributed by atoms with Gasteiger partial charge in [-0.1, -0.05) is 20.3 Å². The predicted octanol–water partition coefficient (Wildman–Crippen LogP) is 1.70. The van der Waals surface area contributed by atoms with Crippen LogP contribution in [-0.4, -0.2) is 35.5 Å². The molecule has 2 N–H and O–H groups in total. The summed E-state index contributed by atoms with van der Waals surface area (Å²) in [4.78, 5) is 25.8. The van der Waals surface area contributed by atoms with E-state index in [1.54, 1.807) is 0 Å². The maximum absolute atomic E-state index is 11.9. The van der Waals surface area contributed by atoms with Crippen LogP contribution < -0.4 is 5.73 Å². The van der Waals surface area contributed by atoms with E-state index in [1.165, 1.54) is 0 Å². The first-order valence-corrected chi connectivity index (χ1v) is 7.59. The number of carbonyl (C=O) groups excluding carboxylic acids is 2. The van der Waals surface area contributed by atoms with Crippen molar-refractivity contribution in [3.63, 3.8) is 0 Å². The van der Waals surface area contributed by atoms with Crippen molar-refractivity contribution in [2.75, 3.05) is 6.54 Å². The second kappa shape index (κ2) is 6.54. The van der Waals surface area contributed by atoms with Crippen molar-refractivity contribution in [3.05, 3.63) is 0 Å². The average Bonchev–Trinajstić information content (AvgIpc) is 2.44. The lowest BCUT2D eigenvalue weighted by Gasteiger charge is -2.41. The van der Waals surface area contributed by atoms with E-state index in [0.29, 0.717) is 12.8 Å². The molecular weight excluding hydrogens is 256 g/mol. The van der Waals surface area contributed by atoms with Gasteiger partial charge in [0, 0.05) is 6.04 Å². The minimum absolute atomic E-state index is 0.0302. The topological polar surface area (TPSA) is 88.1 Å². The monoisotopic (exact) mass is 280 g/mol. The number of hydrogen-bond acceptors (Lipinski definition) is 4. The van der Waals surface area contributed by atoms with Crippen LogP contribution in [0.5, 0.6) is 0 Å². The quantitative estimate of drug-likeness (QED) is 0.776. The third-order valence-corrected chi connectivity index (χ3v) is 4.55. The number of fused-ring (bicyclic) bond motifs is 1. The Morgan fingerprint density at radius 3 is 2.45 bits per heavy atom. The second-order valence-corrected chi connectivity index (χ2v) is 5.74. The molecule has 2 rings (SSSR count). The normalized spacial score (nSPS) is 31.5. The summed E-state index contributed by atoms with van der Waals surface area (Å²) < 4.78 is 0. The van der Waals surface area contributed by atoms with Crippen LogP contribution in [0.3, 0.4) is 0 Å². The first-order chi connectivity index (χ1) is 9.58. The van der Waals surface area contributed by atoms with Crippen LogP contribution in [0.15, 0.2) is 10.2 Å². The molecule has 0 bridgehead atoms. The fraction of sp³-hybridized carbons (Fsp3) is 0.857. The van der Waals surface area contributed by atoms with Gasteiger partial charge in [-0.2, -0.15) is 0 Å². The van der Waals surface area contributed by atoms with Crippen molar-refractivity contribution >= 4 is 11.8 Å². The Morgan fingerprint density at radius 2 is 1.85 bits per heavy atom. The summed E-state index contributed by atoms with van der Waals surface area (Å²) in [7, 11) is 0. The maximum atomic E-state index is 11.9. The molecule has 0 aromatic rings. The molecule has 1 aliphatic carbocycles. The number of rotatable bonds is 5. The van der Waals surface area contributed by atoms with E-state index in [1.807, 2.05) is 0 Å². The summed E-state index contributed by atoms with van der Waals surface area (Å²) in [5, 5.41) is 6.93. The lowest BCUT2D eigenvalue weighted by Crippen LogP contribution is -2.52. The molecule has 0 aromatic heterocycles. The van der Waals surface area contributed by atoms with Crippen molar-refractivity contribution in [1.82, 2.24) is 4.90 Å². The standard InChI is InChI=1S/C14H24N4O2/c1-3-5-12(15)18(4-2)9-6-7-10-11(8-9)14(20)17-16-13(10)19/h9-12H,3-8,15H2,1-2H3. The summed E-state index contributed by atoms with van der Waals surface area (Å²) in [6.45, 7) is 5.08. The van der Waals surface area contributed by atoms with Crippen LogP contribution in [0.1, 0.15) is 46.0 Å². The zero-order valence-corrected chi connectivity index (χ0v) is 12.3. The van der Waals surface area contributed by atoms with Crippen LogP contribution in [0.2, 0.25) is 0 Å². The molecule has 6 nitrogen and oxygen atoms in total. The SMILES string of the molecule is CCCC(N)N(CC)C1CCC2C(=O)N=NC(=O)C2C1. The molecule has 1 aliphatic heterocycles. The lowest BCUT2D eigenvalue weighted by molar-refractivity contribution is -0.138. The molecule has 0 spiro atoms. The Bertz CT molecular complexity index is 410. The molecule has 1 fully saturated rings. The number of nitrogens with two attached hydrogens (primary N) is 1. The van der Waals surface area contributed by atoms with Gasteiger partial charge in [0.15, 0.2) is 0 Å². The van der Waals surface area contributed by atoms with Gasteiger partial charge in [-0.05, 0) is 32.2 Å². The van der Waals surface area contributed by atoms with Crippen molar-refractivity contribution in [2.24, 2.45) is 27.8 Å². The van der Waals surface area contributed by atoms with Gasteiger partial charge in [-0.15, -0.1) is 10.2 Å². The molecule has 0 radical (unpaired) electrons. The van der Waals surface area contributed by atoms with Gasteiger partial charge in [0.1, 0.15) is 0 Å². The number of azo groups is 1. The number of carbonyl (C=O) groups is 2. The van der Waals surface area contributed by atoms with E-state index < -0.39 is 0 Å². The van der Waals surface area contributed by atoms with E-state index in [0.717, 1.165) is 25.8 Å². The molecule has 6 heteroatoms. The van der Waals surface area contributed by atoms with Crippen LogP contribution >= 0.6 is 0 Å². The fourth-order valence-corrected chi connectivity index (χ4v) is 3.49. The van der Waals surface area contributed by atoms with Gasteiger partial charge < -0.3 is 5.73 Å². The van der Waals surface area contributed by atoms with Crippen molar-refractivity contribution < 1.29 is 9.59 Å². The molecule has 2 amide bonds.